The van der Waals surface area contributed by atoms with Gasteiger partial charge in [0, 0.05) is 45.8 Å². The van der Waals surface area contributed by atoms with Crippen LogP contribution in [0.2, 0.25) is 0 Å². The molecule has 0 atom stereocenters. The first kappa shape index (κ1) is 13.3. The van der Waals surface area contributed by atoms with Crippen molar-refractivity contribution in [2.75, 3.05) is 26.9 Å². The number of ether oxygens (including phenoxy) is 2. The number of methoxy groups -OCH3 is 1. The van der Waals surface area contributed by atoms with E-state index in [1.54, 1.807) is 7.11 Å². The van der Waals surface area contributed by atoms with Crippen LogP contribution in [0.5, 0.6) is 0 Å². The van der Waals surface area contributed by atoms with Crippen LogP contribution in [0.15, 0.2) is 0 Å². The van der Waals surface area contributed by atoms with Crippen LogP contribution in [-0.4, -0.2) is 49.7 Å². The first-order chi connectivity index (χ1) is 8.22. The highest BCUT2D eigenvalue weighted by atomic mass is 16.5. The molecule has 0 amide bonds. The van der Waals surface area contributed by atoms with E-state index in [0.29, 0.717) is 31.9 Å². The monoisotopic (exact) mass is 243 g/mol. The van der Waals surface area contributed by atoms with Gasteiger partial charge >= 0.3 is 0 Å². The highest BCUT2D eigenvalue weighted by Gasteiger charge is 2.31. The van der Waals surface area contributed by atoms with E-state index in [1.165, 1.54) is 0 Å². The van der Waals surface area contributed by atoms with Gasteiger partial charge in [-0.3, -0.25) is 0 Å². The molecule has 2 fully saturated rings. The smallest absolute Gasteiger partial charge is 0.0815 e. The lowest BCUT2D eigenvalue weighted by atomic mass is 9.90. The molecule has 1 saturated heterocycles. The van der Waals surface area contributed by atoms with Crippen molar-refractivity contribution in [2.45, 2.75) is 56.3 Å². The van der Waals surface area contributed by atoms with Crippen molar-refractivity contribution in [2.24, 2.45) is 0 Å². The summed E-state index contributed by atoms with van der Waals surface area (Å²) in [5.74, 6) is 0. The third-order valence-corrected chi connectivity index (χ3v) is 4.15. The molecule has 0 spiro atoms. The quantitative estimate of drug-likeness (QED) is 0.775. The summed E-state index contributed by atoms with van der Waals surface area (Å²) in [6.07, 6.45) is 6.54. The molecule has 0 aromatic carbocycles. The van der Waals surface area contributed by atoms with Gasteiger partial charge < -0.3 is 19.9 Å². The first-order valence-electron chi connectivity index (χ1n) is 6.78. The molecule has 100 valence electrons. The lowest BCUT2D eigenvalue weighted by molar-refractivity contribution is -0.0637. The Morgan fingerprint density at radius 3 is 2.47 bits per heavy atom. The van der Waals surface area contributed by atoms with Gasteiger partial charge in [-0.05, 0) is 25.7 Å². The Morgan fingerprint density at radius 1 is 1.24 bits per heavy atom. The van der Waals surface area contributed by atoms with E-state index in [1.807, 2.05) is 0 Å². The predicted molar refractivity (Wildman–Crippen MR) is 66.1 cm³/mol. The molecule has 0 radical (unpaired) electrons. The molecule has 2 aliphatic rings. The number of aliphatic hydroxyl groups is 1. The van der Waals surface area contributed by atoms with Gasteiger partial charge in [0.1, 0.15) is 0 Å². The molecule has 2 N–H and O–H groups in total. The molecule has 0 unspecified atom stereocenters. The summed E-state index contributed by atoms with van der Waals surface area (Å²) in [4.78, 5) is 0. The van der Waals surface area contributed by atoms with E-state index >= 15 is 0 Å². The van der Waals surface area contributed by atoms with E-state index in [-0.39, 0.29) is 0 Å². The topological polar surface area (TPSA) is 50.7 Å². The van der Waals surface area contributed by atoms with Crippen LogP contribution < -0.4 is 5.32 Å². The average Bonchev–Trinajstić information content (AvgIpc) is 2.38. The fraction of sp³-hybridized carbons (Fsp3) is 1.00. The second kappa shape index (κ2) is 6.14. The summed E-state index contributed by atoms with van der Waals surface area (Å²) < 4.78 is 10.6. The molecule has 0 aromatic heterocycles. The van der Waals surface area contributed by atoms with Crippen LogP contribution in [0, 0.1) is 0 Å². The summed E-state index contributed by atoms with van der Waals surface area (Å²) in [7, 11) is 1.79. The lowest BCUT2D eigenvalue weighted by Crippen LogP contribution is -2.48. The van der Waals surface area contributed by atoms with Gasteiger partial charge in [-0.15, -0.1) is 0 Å². The highest BCUT2D eigenvalue weighted by molar-refractivity contribution is 4.86. The van der Waals surface area contributed by atoms with Crippen LogP contribution in [0.25, 0.3) is 0 Å². The molecule has 2 rings (SSSR count). The van der Waals surface area contributed by atoms with Crippen molar-refractivity contribution in [1.82, 2.24) is 5.32 Å². The van der Waals surface area contributed by atoms with Gasteiger partial charge in [0.25, 0.3) is 0 Å². The SMILES string of the molecule is COC1CCC(NCC2(O)CCOCC2)CC1. The summed E-state index contributed by atoms with van der Waals surface area (Å²) in [6.45, 7) is 2.09. The van der Waals surface area contributed by atoms with Crippen LogP contribution in [0.1, 0.15) is 38.5 Å². The van der Waals surface area contributed by atoms with E-state index in [0.717, 1.165) is 38.5 Å². The first-order valence-corrected chi connectivity index (χ1v) is 6.78. The Morgan fingerprint density at radius 2 is 1.88 bits per heavy atom. The molecular weight excluding hydrogens is 218 g/mol. The number of hydrogen-bond donors (Lipinski definition) is 2. The van der Waals surface area contributed by atoms with Gasteiger partial charge in [-0.1, -0.05) is 0 Å². The Hall–Kier alpha value is -0.160. The van der Waals surface area contributed by atoms with Gasteiger partial charge in [-0.2, -0.15) is 0 Å². The summed E-state index contributed by atoms with van der Waals surface area (Å²) in [5, 5.41) is 13.8. The largest absolute Gasteiger partial charge is 0.388 e. The molecule has 0 bridgehead atoms. The second-order valence-electron chi connectivity index (χ2n) is 5.43. The van der Waals surface area contributed by atoms with Crippen molar-refractivity contribution in [3.05, 3.63) is 0 Å². The van der Waals surface area contributed by atoms with Gasteiger partial charge in [0.15, 0.2) is 0 Å². The zero-order valence-electron chi connectivity index (χ0n) is 10.8. The van der Waals surface area contributed by atoms with Gasteiger partial charge in [-0.25, -0.2) is 0 Å². The zero-order valence-corrected chi connectivity index (χ0v) is 10.8. The predicted octanol–water partition coefficient (Wildman–Crippen LogP) is 1.08. The molecule has 17 heavy (non-hydrogen) atoms. The minimum atomic E-state index is -0.545. The van der Waals surface area contributed by atoms with Crippen LogP contribution in [0.3, 0.4) is 0 Å². The fourth-order valence-corrected chi connectivity index (χ4v) is 2.77. The highest BCUT2D eigenvalue weighted by Crippen LogP contribution is 2.23. The minimum absolute atomic E-state index is 0.444. The Bertz CT molecular complexity index is 221. The van der Waals surface area contributed by atoms with Crippen molar-refractivity contribution in [3.63, 3.8) is 0 Å². The Labute approximate surface area is 104 Å². The second-order valence-corrected chi connectivity index (χ2v) is 5.43. The van der Waals surface area contributed by atoms with Crippen molar-refractivity contribution < 1.29 is 14.6 Å². The lowest BCUT2D eigenvalue weighted by Gasteiger charge is -2.35. The molecule has 1 heterocycles. The van der Waals surface area contributed by atoms with Crippen molar-refractivity contribution in [1.29, 1.82) is 0 Å². The average molecular weight is 243 g/mol. The van der Waals surface area contributed by atoms with Crippen LogP contribution in [0.4, 0.5) is 0 Å². The standard InChI is InChI=1S/C13H25NO3/c1-16-12-4-2-11(3-5-12)14-10-13(15)6-8-17-9-7-13/h11-12,14-15H,2-10H2,1H3. The van der Waals surface area contributed by atoms with Crippen LogP contribution >= 0.6 is 0 Å². The van der Waals surface area contributed by atoms with E-state index in [9.17, 15) is 5.11 Å². The van der Waals surface area contributed by atoms with E-state index in [2.05, 4.69) is 5.32 Å². The molecule has 4 heteroatoms. The molecule has 0 aromatic rings. The maximum Gasteiger partial charge on any atom is 0.0815 e. The maximum atomic E-state index is 10.3. The minimum Gasteiger partial charge on any atom is -0.388 e. The fourth-order valence-electron chi connectivity index (χ4n) is 2.77. The number of nitrogens with one attached hydrogen (secondary N) is 1. The molecule has 1 saturated carbocycles. The van der Waals surface area contributed by atoms with Crippen molar-refractivity contribution >= 4 is 0 Å². The van der Waals surface area contributed by atoms with E-state index < -0.39 is 5.60 Å². The Balaban J connectivity index is 1.68. The van der Waals surface area contributed by atoms with Crippen molar-refractivity contribution in [3.8, 4) is 0 Å². The van der Waals surface area contributed by atoms with Gasteiger partial charge in [0.05, 0.1) is 11.7 Å². The third-order valence-electron chi connectivity index (χ3n) is 4.15. The number of hydrogen-bond acceptors (Lipinski definition) is 4. The normalized spacial score (nSPS) is 33.5. The molecule has 1 aliphatic heterocycles. The molecular formula is C13H25NO3. The summed E-state index contributed by atoms with van der Waals surface area (Å²) >= 11 is 0. The molecule has 4 nitrogen and oxygen atoms in total. The third kappa shape index (κ3) is 3.91. The van der Waals surface area contributed by atoms with Crippen LogP contribution in [-0.2, 0) is 9.47 Å². The summed E-state index contributed by atoms with van der Waals surface area (Å²) in [6, 6.07) is 0.549. The molecule has 1 aliphatic carbocycles. The maximum absolute atomic E-state index is 10.3. The zero-order chi connectivity index (χ0) is 12.1. The Kier molecular flexibility index (Phi) is 4.79. The van der Waals surface area contributed by atoms with Gasteiger partial charge in [0.2, 0.25) is 0 Å². The number of rotatable bonds is 4. The van der Waals surface area contributed by atoms with E-state index in [4.69, 9.17) is 9.47 Å². The summed E-state index contributed by atoms with van der Waals surface area (Å²) in [5.41, 5.74) is -0.545.